The van der Waals surface area contributed by atoms with Crippen LogP contribution in [0.2, 0.25) is 0 Å². The summed E-state index contributed by atoms with van der Waals surface area (Å²) < 4.78 is 91.6. The summed E-state index contributed by atoms with van der Waals surface area (Å²) in [5, 5.41) is 2.19. The van der Waals surface area contributed by atoms with Gasteiger partial charge in [0, 0.05) is 23.7 Å². The highest BCUT2D eigenvalue weighted by atomic mass is 19.4. The van der Waals surface area contributed by atoms with E-state index in [0.29, 0.717) is 6.07 Å². The summed E-state index contributed by atoms with van der Waals surface area (Å²) in [5.41, 5.74) is 1.23. The van der Waals surface area contributed by atoms with Crippen LogP contribution in [0.4, 0.5) is 32.0 Å². The molecule has 1 aromatic heterocycles. The van der Waals surface area contributed by atoms with Crippen molar-refractivity contribution in [1.82, 2.24) is 9.97 Å². The Hall–Kier alpha value is -3.58. The molecule has 0 spiro atoms. The van der Waals surface area contributed by atoms with Crippen LogP contribution < -0.4 is 15.8 Å². The average molecular weight is 463 g/mol. The Morgan fingerprint density at radius 3 is 2.59 bits per heavy atom. The summed E-state index contributed by atoms with van der Waals surface area (Å²) in [5.74, 6) is -4.01. The third-order valence-electron chi connectivity index (χ3n) is 4.55. The first-order chi connectivity index (χ1) is 15.0. The van der Waals surface area contributed by atoms with Gasteiger partial charge in [0.25, 0.3) is 11.9 Å². The molecule has 1 aromatic carbocycles. The van der Waals surface area contributed by atoms with E-state index in [1.54, 1.807) is 0 Å². The molecule has 2 atom stereocenters. The second-order valence-corrected chi connectivity index (χ2v) is 6.69. The number of halogens is 6. The number of carbonyl (C=O) groups excluding carboxylic acids is 1. The largest absolute Gasteiger partial charge is 0.480 e. The zero-order valence-electron chi connectivity index (χ0n) is 16.2. The van der Waals surface area contributed by atoms with Crippen LogP contribution >= 0.6 is 0 Å². The number of nitrogens with zero attached hydrogens (tertiary/aromatic N) is 3. The number of aliphatic imine (C=N–C) groups is 1. The summed E-state index contributed by atoms with van der Waals surface area (Å²) in [6.07, 6.45) is -6.62. The molecule has 2 unspecified atom stereocenters. The molecule has 8 nitrogen and oxygen atoms in total. The lowest BCUT2D eigenvalue weighted by Gasteiger charge is -2.36. The number of amidine groups is 1. The minimum atomic E-state index is -4.98. The third kappa shape index (κ3) is 4.53. The second-order valence-electron chi connectivity index (χ2n) is 6.69. The molecule has 1 aliphatic heterocycles. The summed E-state index contributed by atoms with van der Waals surface area (Å²) in [4.78, 5) is 23.4. The van der Waals surface area contributed by atoms with Crippen molar-refractivity contribution < 1.29 is 40.6 Å². The third-order valence-corrected chi connectivity index (χ3v) is 4.55. The first-order valence-corrected chi connectivity index (χ1v) is 8.80. The van der Waals surface area contributed by atoms with E-state index in [2.05, 4.69) is 25.0 Å². The molecule has 0 fully saturated rings. The molecule has 14 heteroatoms. The predicted octanol–water partition coefficient (Wildman–Crippen LogP) is 2.85. The van der Waals surface area contributed by atoms with Crippen LogP contribution in [0, 0.1) is 11.6 Å². The molecule has 0 aliphatic carbocycles. The van der Waals surface area contributed by atoms with E-state index in [9.17, 15) is 31.1 Å². The maximum absolute atomic E-state index is 14.6. The van der Waals surface area contributed by atoms with Gasteiger partial charge in [-0.25, -0.2) is 28.1 Å². The van der Waals surface area contributed by atoms with Crippen LogP contribution in [0.3, 0.4) is 0 Å². The smallest absolute Gasteiger partial charge is 0.425 e. The van der Waals surface area contributed by atoms with Crippen LogP contribution in [-0.2, 0) is 10.3 Å². The van der Waals surface area contributed by atoms with Crippen LogP contribution in [0.1, 0.15) is 22.5 Å². The molecule has 0 bridgehead atoms. The highest BCUT2D eigenvalue weighted by Gasteiger charge is 2.52. The lowest BCUT2D eigenvalue weighted by Crippen LogP contribution is -2.48. The van der Waals surface area contributed by atoms with E-state index in [-0.39, 0.29) is 11.6 Å². The highest BCUT2D eigenvalue weighted by Crippen LogP contribution is 2.42. The lowest BCUT2D eigenvalue weighted by molar-refractivity contribution is -0.209. The van der Waals surface area contributed by atoms with Crippen LogP contribution in [-0.4, -0.2) is 48.0 Å². The van der Waals surface area contributed by atoms with Gasteiger partial charge in [0.15, 0.2) is 17.7 Å². The molecule has 1 amide bonds. The SMILES string of the molecule is COc1cnc(C(=O)Nc2cc(F)c(F)c(C3(CF)CC(C(F)(F)F)OC(N)=N3)c2)cn1. The number of carbonyl (C=O) groups is 1. The molecule has 0 saturated heterocycles. The Morgan fingerprint density at radius 1 is 1.31 bits per heavy atom. The van der Waals surface area contributed by atoms with E-state index in [0.717, 1.165) is 18.5 Å². The molecule has 32 heavy (non-hydrogen) atoms. The second kappa shape index (κ2) is 8.51. The fourth-order valence-corrected chi connectivity index (χ4v) is 3.02. The Kier molecular flexibility index (Phi) is 6.14. The molecular formula is C18H15F6N5O3. The van der Waals surface area contributed by atoms with Gasteiger partial charge >= 0.3 is 6.18 Å². The van der Waals surface area contributed by atoms with Gasteiger partial charge in [-0.1, -0.05) is 0 Å². The van der Waals surface area contributed by atoms with Crippen molar-refractivity contribution in [2.75, 3.05) is 19.1 Å². The predicted molar refractivity (Wildman–Crippen MR) is 97.7 cm³/mol. The summed E-state index contributed by atoms with van der Waals surface area (Å²) in [6.45, 7) is -1.65. The zero-order valence-corrected chi connectivity index (χ0v) is 16.2. The number of aromatic nitrogens is 2. The number of nitrogens with two attached hydrogens (primary N) is 1. The van der Waals surface area contributed by atoms with Crippen LogP contribution in [0.25, 0.3) is 0 Å². The number of benzene rings is 1. The van der Waals surface area contributed by atoms with E-state index >= 15 is 0 Å². The lowest BCUT2D eigenvalue weighted by atomic mass is 9.84. The molecule has 2 heterocycles. The van der Waals surface area contributed by atoms with Crippen LogP contribution in [0.15, 0.2) is 29.5 Å². The fraction of sp³-hybridized carbons (Fsp3) is 0.333. The number of amides is 1. The van der Waals surface area contributed by atoms with Gasteiger partial charge < -0.3 is 20.5 Å². The number of methoxy groups -OCH3 is 1. The Balaban J connectivity index is 1.99. The van der Waals surface area contributed by atoms with E-state index < -0.39 is 65.7 Å². The molecular weight excluding hydrogens is 448 g/mol. The minimum absolute atomic E-state index is 0.107. The number of nitrogens with one attached hydrogen (secondary N) is 1. The van der Waals surface area contributed by atoms with Crippen molar-refractivity contribution in [3.05, 3.63) is 47.4 Å². The summed E-state index contributed by atoms with van der Waals surface area (Å²) >= 11 is 0. The summed E-state index contributed by atoms with van der Waals surface area (Å²) in [7, 11) is 1.32. The van der Waals surface area contributed by atoms with Crippen molar-refractivity contribution in [1.29, 1.82) is 0 Å². The topological polar surface area (TPSA) is 112 Å². The number of rotatable bonds is 5. The Morgan fingerprint density at radius 2 is 2.03 bits per heavy atom. The maximum atomic E-state index is 14.6. The van der Waals surface area contributed by atoms with Crippen molar-refractivity contribution in [2.45, 2.75) is 24.2 Å². The van der Waals surface area contributed by atoms with Gasteiger partial charge in [-0.05, 0) is 6.07 Å². The van der Waals surface area contributed by atoms with Gasteiger partial charge in [0.05, 0.1) is 19.5 Å². The number of alkyl halides is 4. The number of hydrogen-bond acceptors (Lipinski definition) is 7. The quantitative estimate of drug-likeness (QED) is 0.660. The van der Waals surface area contributed by atoms with E-state index in [4.69, 9.17) is 10.5 Å². The van der Waals surface area contributed by atoms with Crippen molar-refractivity contribution in [2.24, 2.45) is 10.7 Å². The molecule has 172 valence electrons. The van der Waals surface area contributed by atoms with Gasteiger partial charge in [-0.3, -0.25) is 4.79 Å². The zero-order chi connectivity index (χ0) is 23.7. The standard InChI is InChI=1S/C18H15F6N5O3/c1-31-13-6-26-11(5-27-13)15(30)28-8-2-9(14(21)10(20)3-8)17(7-19)4-12(18(22,23)24)32-16(25)29-17/h2-3,5-6,12H,4,7H2,1H3,(H2,25,29)(H,28,30). The normalized spacial score (nSPS) is 20.8. The molecule has 0 saturated carbocycles. The van der Waals surface area contributed by atoms with E-state index in [1.165, 1.54) is 7.11 Å². The molecule has 1 aliphatic rings. The highest BCUT2D eigenvalue weighted by molar-refractivity contribution is 6.02. The number of hydrogen-bond donors (Lipinski definition) is 2. The molecule has 0 radical (unpaired) electrons. The van der Waals surface area contributed by atoms with Crippen molar-refractivity contribution in [3.8, 4) is 5.88 Å². The molecule has 2 aromatic rings. The van der Waals surface area contributed by atoms with Crippen LogP contribution in [0.5, 0.6) is 5.88 Å². The van der Waals surface area contributed by atoms with Gasteiger partial charge in [0.1, 0.15) is 17.9 Å². The first kappa shape index (κ1) is 23.1. The number of ether oxygens (including phenoxy) is 2. The monoisotopic (exact) mass is 463 g/mol. The number of anilines is 1. The van der Waals surface area contributed by atoms with Gasteiger partial charge in [-0.2, -0.15) is 13.2 Å². The molecule has 3 rings (SSSR count). The van der Waals surface area contributed by atoms with Crippen molar-refractivity contribution in [3.63, 3.8) is 0 Å². The van der Waals surface area contributed by atoms with E-state index in [1.807, 2.05) is 0 Å². The Labute approximate surface area is 176 Å². The minimum Gasteiger partial charge on any atom is -0.480 e. The summed E-state index contributed by atoms with van der Waals surface area (Å²) in [6, 6.07) is 0.286. The maximum Gasteiger partial charge on any atom is 0.425 e. The fourth-order valence-electron chi connectivity index (χ4n) is 3.02. The van der Waals surface area contributed by atoms with Gasteiger partial charge in [-0.15, -0.1) is 0 Å². The average Bonchev–Trinajstić information content (AvgIpc) is 2.75. The molecule has 3 N–H and O–H groups in total. The first-order valence-electron chi connectivity index (χ1n) is 8.80. The van der Waals surface area contributed by atoms with Gasteiger partial charge in [0.2, 0.25) is 5.88 Å². The Bertz CT molecular complexity index is 1050. The van der Waals surface area contributed by atoms with Crippen molar-refractivity contribution >= 4 is 17.6 Å².